The summed E-state index contributed by atoms with van der Waals surface area (Å²) in [7, 11) is 0. The lowest BCUT2D eigenvalue weighted by Crippen LogP contribution is -2.39. The number of hydrogen-bond donors (Lipinski definition) is 1. The van der Waals surface area contributed by atoms with Crippen LogP contribution in [0.5, 0.6) is 0 Å². The first-order valence-electron chi connectivity index (χ1n) is 7.04. The molecule has 2 aliphatic heterocycles. The summed E-state index contributed by atoms with van der Waals surface area (Å²) in [5.74, 6) is -1.11. The van der Waals surface area contributed by atoms with E-state index < -0.39 is 22.3 Å². The van der Waals surface area contributed by atoms with Gasteiger partial charge in [-0.25, -0.2) is 4.39 Å². The lowest BCUT2D eigenvalue weighted by atomic mass is 10.1. The molecule has 1 aromatic carbocycles. The number of rotatable bonds is 2. The van der Waals surface area contributed by atoms with Crippen molar-refractivity contribution >= 4 is 24.0 Å². The zero-order chi connectivity index (χ0) is 15.0. The van der Waals surface area contributed by atoms with E-state index in [2.05, 4.69) is 5.32 Å². The summed E-state index contributed by atoms with van der Waals surface area (Å²) >= 11 is 0. The van der Waals surface area contributed by atoms with Gasteiger partial charge in [-0.2, -0.15) is 0 Å². The Morgan fingerprint density at radius 2 is 2.05 bits per heavy atom. The number of benzene rings is 1. The van der Waals surface area contributed by atoms with E-state index in [9.17, 15) is 19.3 Å². The van der Waals surface area contributed by atoms with Crippen LogP contribution in [0.1, 0.15) is 29.6 Å². The summed E-state index contributed by atoms with van der Waals surface area (Å²) in [6.45, 7) is 1.12. The highest BCUT2D eigenvalue weighted by Crippen LogP contribution is 2.25. The number of likely N-dealkylation sites (tertiary alicyclic amines) is 1. The van der Waals surface area contributed by atoms with Crippen molar-refractivity contribution < 1.29 is 14.1 Å². The number of nitrogens with one attached hydrogen (secondary N) is 1. The molecule has 2 bridgehead atoms. The van der Waals surface area contributed by atoms with Crippen molar-refractivity contribution in [1.82, 2.24) is 10.2 Å². The van der Waals surface area contributed by atoms with Crippen LogP contribution >= 0.6 is 12.4 Å². The number of halogens is 2. The van der Waals surface area contributed by atoms with Crippen LogP contribution in [0.15, 0.2) is 18.2 Å². The first-order valence-corrected chi connectivity index (χ1v) is 7.04. The molecule has 1 N–H and O–H groups in total. The van der Waals surface area contributed by atoms with Gasteiger partial charge in [0.2, 0.25) is 0 Å². The molecule has 1 aromatic rings. The average molecular weight is 330 g/mol. The molecule has 0 aromatic heterocycles. The maximum absolute atomic E-state index is 13.2. The second-order valence-electron chi connectivity index (χ2n) is 5.60. The monoisotopic (exact) mass is 329 g/mol. The van der Waals surface area contributed by atoms with Gasteiger partial charge in [0.05, 0.1) is 11.0 Å². The topological polar surface area (TPSA) is 75.5 Å². The molecular formula is C14H17ClFN3O3. The minimum atomic E-state index is -0.713. The number of nitrogens with zero attached hydrogens (tertiary/aromatic N) is 2. The van der Waals surface area contributed by atoms with Crippen molar-refractivity contribution in [3.8, 4) is 0 Å². The first kappa shape index (κ1) is 16.6. The number of nitro benzene ring substituents is 1. The number of hydrogen-bond acceptors (Lipinski definition) is 4. The first-order chi connectivity index (χ1) is 10.0. The SMILES string of the molecule is Cl.O=C(c1ccc(F)cc1[N+](=O)[O-])N1CCC2CCC(C1)N2. The molecule has 0 aliphatic carbocycles. The van der Waals surface area contributed by atoms with Gasteiger partial charge in [0.25, 0.3) is 11.6 Å². The van der Waals surface area contributed by atoms with Crippen molar-refractivity contribution in [2.75, 3.05) is 13.1 Å². The van der Waals surface area contributed by atoms with Crippen molar-refractivity contribution in [2.45, 2.75) is 31.3 Å². The van der Waals surface area contributed by atoms with Crippen LogP contribution in [-0.4, -0.2) is 40.9 Å². The second kappa shape index (κ2) is 6.58. The lowest BCUT2D eigenvalue weighted by Gasteiger charge is -2.24. The molecule has 0 saturated carbocycles. The van der Waals surface area contributed by atoms with Crippen LogP contribution in [-0.2, 0) is 0 Å². The Morgan fingerprint density at radius 3 is 2.77 bits per heavy atom. The molecule has 2 unspecified atom stereocenters. The molecule has 22 heavy (non-hydrogen) atoms. The third kappa shape index (κ3) is 3.20. The van der Waals surface area contributed by atoms with Gasteiger partial charge in [-0.1, -0.05) is 0 Å². The minimum Gasteiger partial charge on any atom is -0.337 e. The summed E-state index contributed by atoms with van der Waals surface area (Å²) in [5, 5.41) is 14.5. The van der Waals surface area contributed by atoms with Gasteiger partial charge in [0, 0.05) is 25.2 Å². The normalized spacial score (nSPS) is 23.6. The quantitative estimate of drug-likeness (QED) is 0.666. The number of fused-ring (bicyclic) bond motifs is 2. The molecule has 2 heterocycles. The highest BCUT2D eigenvalue weighted by atomic mass is 35.5. The zero-order valence-corrected chi connectivity index (χ0v) is 12.6. The molecule has 0 spiro atoms. The summed E-state index contributed by atoms with van der Waals surface area (Å²) in [5.41, 5.74) is -0.512. The number of carbonyl (C=O) groups is 1. The standard InChI is InChI=1S/C14H16FN3O3.ClH/c15-9-1-4-12(13(7-9)18(20)21)14(19)17-6-5-10-2-3-11(8-17)16-10;/h1,4,7,10-11,16H,2-3,5-6,8H2;1H. The molecule has 2 fully saturated rings. The van der Waals surface area contributed by atoms with Gasteiger partial charge in [0.1, 0.15) is 11.4 Å². The maximum atomic E-state index is 13.2. The van der Waals surface area contributed by atoms with E-state index >= 15 is 0 Å². The summed E-state index contributed by atoms with van der Waals surface area (Å²) < 4.78 is 13.2. The van der Waals surface area contributed by atoms with Gasteiger partial charge in [-0.3, -0.25) is 14.9 Å². The Kier molecular flexibility index (Phi) is 4.97. The van der Waals surface area contributed by atoms with E-state index in [1.807, 2.05) is 0 Å². The predicted molar refractivity (Wildman–Crippen MR) is 80.8 cm³/mol. The molecule has 2 atom stereocenters. The molecule has 1 amide bonds. The fraction of sp³-hybridized carbons (Fsp3) is 0.500. The fourth-order valence-electron chi connectivity index (χ4n) is 3.13. The Morgan fingerprint density at radius 1 is 1.32 bits per heavy atom. The third-order valence-corrected chi connectivity index (χ3v) is 4.20. The van der Waals surface area contributed by atoms with E-state index in [4.69, 9.17) is 0 Å². The van der Waals surface area contributed by atoms with Crippen molar-refractivity contribution in [3.63, 3.8) is 0 Å². The molecule has 8 heteroatoms. The van der Waals surface area contributed by atoms with E-state index in [1.165, 1.54) is 6.07 Å². The van der Waals surface area contributed by atoms with Gasteiger partial charge < -0.3 is 10.2 Å². The minimum absolute atomic E-state index is 0. The summed E-state index contributed by atoms with van der Waals surface area (Å²) in [4.78, 5) is 24.5. The van der Waals surface area contributed by atoms with Crippen molar-refractivity contribution in [3.05, 3.63) is 39.7 Å². The number of carbonyl (C=O) groups excluding carboxylic acids is 1. The summed E-state index contributed by atoms with van der Waals surface area (Å²) in [6, 6.07) is 3.77. The number of nitro groups is 1. The largest absolute Gasteiger partial charge is 0.337 e. The van der Waals surface area contributed by atoms with Crippen molar-refractivity contribution in [1.29, 1.82) is 0 Å². The molecule has 2 saturated heterocycles. The van der Waals surface area contributed by atoms with E-state index in [-0.39, 0.29) is 24.0 Å². The molecule has 2 aliphatic rings. The second-order valence-corrected chi connectivity index (χ2v) is 5.60. The van der Waals surface area contributed by atoms with Crippen LogP contribution in [0, 0.1) is 15.9 Å². The van der Waals surface area contributed by atoms with Crippen LogP contribution in [0.4, 0.5) is 10.1 Å². The maximum Gasteiger partial charge on any atom is 0.285 e. The van der Waals surface area contributed by atoms with Gasteiger partial charge in [-0.05, 0) is 31.4 Å². The van der Waals surface area contributed by atoms with Crippen LogP contribution in [0.25, 0.3) is 0 Å². The molecule has 0 radical (unpaired) electrons. The molecule has 6 nitrogen and oxygen atoms in total. The van der Waals surface area contributed by atoms with Crippen LogP contribution in [0.3, 0.4) is 0 Å². The third-order valence-electron chi connectivity index (χ3n) is 4.20. The van der Waals surface area contributed by atoms with Crippen molar-refractivity contribution in [2.24, 2.45) is 0 Å². The molecule has 3 rings (SSSR count). The van der Waals surface area contributed by atoms with Gasteiger partial charge >= 0.3 is 0 Å². The van der Waals surface area contributed by atoms with Gasteiger partial charge in [-0.15, -0.1) is 12.4 Å². The smallest absolute Gasteiger partial charge is 0.285 e. The highest BCUT2D eigenvalue weighted by molar-refractivity contribution is 5.98. The molecular weight excluding hydrogens is 313 g/mol. The summed E-state index contributed by atoms with van der Waals surface area (Å²) in [6.07, 6.45) is 2.97. The molecule has 120 valence electrons. The Labute approximate surface area is 133 Å². The van der Waals surface area contributed by atoms with E-state index in [0.717, 1.165) is 31.4 Å². The Hall–Kier alpha value is -1.73. The van der Waals surface area contributed by atoms with Gasteiger partial charge in [0.15, 0.2) is 0 Å². The van der Waals surface area contributed by atoms with Crippen LogP contribution in [0.2, 0.25) is 0 Å². The Bertz CT molecular complexity index is 599. The lowest BCUT2D eigenvalue weighted by molar-refractivity contribution is -0.385. The van der Waals surface area contributed by atoms with E-state index in [0.29, 0.717) is 19.1 Å². The Balaban J connectivity index is 0.00000176. The van der Waals surface area contributed by atoms with Crippen LogP contribution < -0.4 is 5.32 Å². The average Bonchev–Trinajstić information content (AvgIpc) is 2.77. The predicted octanol–water partition coefficient (Wildman–Crippen LogP) is 2.12. The number of amides is 1. The van der Waals surface area contributed by atoms with E-state index in [1.54, 1.807) is 4.90 Å². The highest BCUT2D eigenvalue weighted by Gasteiger charge is 2.33. The zero-order valence-electron chi connectivity index (χ0n) is 11.8. The fourth-order valence-corrected chi connectivity index (χ4v) is 3.13.